The number of ether oxygens (including phenoxy) is 1. The number of aryl methyl sites for hydroxylation is 1. The molecule has 0 unspecified atom stereocenters. The molecule has 1 N–H and O–H groups in total. The van der Waals surface area contributed by atoms with Crippen LogP contribution in [0.5, 0.6) is 0 Å². The normalized spacial score (nSPS) is 10.2. The van der Waals surface area contributed by atoms with Gasteiger partial charge in [-0.1, -0.05) is 5.21 Å². The number of amides is 1. The van der Waals surface area contributed by atoms with Crippen LogP contribution in [0.25, 0.3) is 0 Å². The Bertz CT molecular complexity index is 564. The van der Waals surface area contributed by atoms with Crippen LogP contribution < -0.4 is 5.32 Å². The molecule has 19 heavy (non-hydrogen) atoms. The molecule has 0 saturated heterocycles. The van der Waals surface area contributed by atoms with E-state index in [2.05, 4.69) is 20.4 Å². The first kappa shape index (κ1) is 13.2. The van der Waals surface area contributed by atoms with Crippen molar-refractivity contribution in [1.29, 1.82) is 0 Å². The molecular weight excluding hydrogens is 268 g/mol. The maximum Gasteiger partial charge on any atom is 0.350 e. The molecule has 2 rings (SSSR count). The number of carbonyl (C=O) groups is 2. The Kier molecular flexibility index (Phi) is 4.24. The molecule has 0 aromatic carbocycles. The van der Waals surface area contributed by atoms with Crippen LogP contribution in [0.1, 0.15) is 16.1 Å². The summed E-state index contributed by atoms with van der Waals surface area (Å²) in [5.41, 5.74) is 0.473. The predicted molar refractivity (Wildman–Crippen MR) is 68.9 cm³/mol. The fourth-order valence-corrected chi connectivity index (χ4v) is 2.21. The highest BCUT2D eigenvalue weighted by molar-refractivity contribution is 7.12. The average Bonchev–Trinajstić information content (AvgIpc) is 3.06. The van der Waals surface area contributed by atoms with E-state index in [0.29, 0.717) is 17.1 Å². The summed E-state index contributed by atoms with van der Waals surface area (Å²) in [5, 5.41) is 11.8. The van der Waals surface area contributed by atoms with Gasteiger partial charge in [0.1, 0.15) is 4.88 Å². The number of anilines is 1. The Morgan fingerprint density at radius 2 is 2.37 bits per heavy atom. The molecule has 0 aliphatic heterocycles. The van der Waals surface area contributed by atoms with Gasteiger partial charge in [0.15, 0.2) is 0 Å². The minimum absolute atomic E-state index is 0.195. The maximum atomic E-state index is 11.7. The molecule has 100 valence electrons. The first-order valence-electron chi connectivity index (χ1n) is 5.50. The summed E-state index contributed by atoms with van der Waals surface area (Å²) in [6.07, 6.45) is 3.48. The van der Waals surface area contributed by atoms with Crippen molar-refractivity contribution in [3.05, 3.63) is 28.7 Å². The monoisotopic (exact) mass is 280 g/mol. The van der Waals surface area contributed by atoms with E-state index in [1.54, 1.807) is 28.5 Å². The van der Waals surface area contributed by atoms with Crippen LogP contribution in [0.2, 0.25) is 0 Å². The largest absolute Gasteiger partial charge is 0.465 e. The minimum Gasteiger partial charge on any atom is -0.465 e. The number of nitrogens with one attached hydrogen (secondary N) is 1. The van der Waals surface area contributed by atoms with Crippen LogP contribution in [-0.2, 0) is 16.1 Å². The highest BCUT2D eigenvalue weighted by atomic mass is 32.1. The fraction of sp³-hybridized carbons (Fsp3) is 0.273. The zero-order valence-corrected chi connectivity index (χ0v) is 11.0. The first-order chi connectivity index (χ1) is 9.20. The van der Waals surface area contributed by atoms with E-state index in [-0.39, 0.29) is 12.3 Å². The third kappa shape index (κ3) is 3.38. The zero-order valence-electron chi connectivity index (χ0n) is 10.2. The third-order valence-electron chi connectivity index (χ3n) is 2.35. The van der Waals surface area contributed by atoms with Crippen LogP contribution in [-0.4, -0.2) is 34.0 Å². The average molecular weight is 280 g/mol. The molecule has 0 aliphatic rings. The second-order valence-corrected chi connectivity index (χ2v) is 4.54. The lowest BCUT2D eigenvalue weighted by atomic mass is 10.3. The van der Waals surface area contributed by atoms with E-state index >= 15 is 0 Å². The van der Waals surface area contributed by atoms with E-state index in [4.69, 9.17) is 0 Å². The van der Waals surface area contributed by atoms with Crippen LogP contribution >= 0.6 is 11.3 Å². The summed E-state index contributed by atoms with van der Waals surface area (Å²) in [6.45, 7) is 0.434. The van der Waals surface area contributed by atoms with Gasteiger partial charge in [0.25, 0.3) is 0 Å². The second kappa shape index (κ2) is 6.10. The van der Waals surface area contributed by atoms with E-state index in [0.717, 1.165) is 0 Å². The number of hydrogen-bond acceptors (Lipinski definition) is 6. The van der Waals surface area contributed by atoms with Crippen molar-refractivity contribution in [3.63, 3.8) is 0 Å². The fourth-order valence-electron chi connectivity index (χ4n) is 1.44. The van der Waals surface area contributed by atoms with Crippen LogP contribution in [0.4, 0.5) is 5.69 Å². The summed E-state index contributed by atoms with van der Waals surface area (Å²) in [5.74, 6) is -0.652. The Labute approximate surface area is 113 Å². The lowest BCUT2D eigenvalue weighted by Crippen LogP contribution is -2.16. The summed E-state index contributed by atoms with van der Waals surface area (Å²) in [7, 11) is 1.30. The molecule has 0 spiro atoms. The van der Waals surface area contributed by atoms with Gasteiger partial charge in [0, 0.05) is 12.6 Å². The highest BCUT2D eigenvalue weighted by Gasteiger charge is 2.15. The molecule has 2 heterocycles. The molecule has 0 radical (unpaired) electrons. The summed E-state index contributed by atoms with van der Waals surface area (Å²) < 4.78 is 6.20. The molecule has 0 atom stereocenters. The van der Waals surface area contributed by atoms with Gasteiger partial charge in [-0.3, -0.25) is 9.48 Å². The maximum absolute atomic E-state index is 11.7. The van der Waals surface area contributed by atoms with E-state index in [9.17, 15) is 9.59 Å². The third-order valence-corrected chi connectivity index (χ3v) is 3.24. The van der Waals surface area contributed by atoms with E-state index in [1.165, 1.54) is 18.4 Å². The first-order valence-corrected chi connectivity index (χ1v) is 6.38. The summed E-state index contributed by atoms with van der Waals surface area (Å²) >= 11 is 1.22. The number of carbonyl (C=O) groups excluding carboxylic acids is 2. The quantitative estimate of drug-likeness (QED) is 0.830. The second-order valence-electron chi connectivity index (χ2n) is 3.62. The molecule has 8 heteroatoms. The Hall–Kier alpha value is -2.22. The number of thiophene rings is 1. The smallest absolute Gasteiger partial charge is 0.350 e. The van der Waals surface area contributed by atoms with Crippen molar-refractivity contribution >= 4 is 28.9 Å². The number of nitrogens with zero attached hydrogens (tertiary/aromatic N) is 3. The van der Waals surface area contributed by atoms with Crippen molar-refractivity contribution in [1.82, 2.24) is 15.0 Å². The Morgan fingerprint density at radius 3 is 3.05 bits per heavy atom. The number of rotatable bonds is 5. The molecule has 1 amide bonds. The van der Waals surface area contributed by atoms with Gasteiger partial charge in [-0.05, 0) is 11.4 Å². The predicted octanol–water partition coefficient (Wildman–Crippen LogP) is 1.15. The number of hydrogen-bond donors (Lipinski definition) is 1. The minimum atomic E-state index is -0.457. The Balaban J connectivity index is 1.92. The van der Waals surface area contributed by atoms with Gasteiger partial charge in [0.05, 0.1) is 25.5 Å². The molecule has 2 aromatic heterocycles. The summed E-state index contributed by atoms with van der Waals surface area (Å²) in [6, 6.07) is 1.67. The number of esters is 1. The van der Waals surface area contributed by atoms with Crippen molar-refractivity contribution in [2.45, 2.75) is 13.0 Å². The van der Waals surface area contributed by atoms with Gasteiger partial charge in [0.2, 0.25) is 5.91 Å². The van der Waals surface area contributed by atoms with Crippen LogP contribution in [0.15, 0.2) is 23.8 Å². The van der Waals surface area contributed by atoms with Gasteiger partial charge in [-0.2, -0.15) is 0 Å². The molecule has 2 aromatic rings. The molecular formula is C11H12N4O3S. The van der Waals surface area contributed by atoms with Crippen molar-refractivity contribution in [2.24, 2.45) is 0 Å². The molecule has 0 aliphatic carbocycles. The van der Waals surface area contributed by atoms with Crippen molar-refractivity contribution in [2.75, 3.05) is 12.4 Å². The van der Waals surface area contributed by atoms with Gasteiger partial charge in [-0.15, -0.1) is 16.4 Å². The lowest BCUT2D eigenvalue weighted by molar-refractivity contribution is -0.116. The SMILES string of the molecule is COC(=O)c1sccc1NC(=O)CCn1ccnn1. The number of aromatic nitrogens is 3. The molecule has 7 nitrogen and oxygen atoms in total. The number of methoxy groups -OCH3 is 1. The summed E-state index contributed by atoms with van der Waals surface area (Å²) in [4.78, 5) is 23.6. The highest BCUT2D eigenvalue weighted by Crippen LogP contribution is 2.23. The van der Waals surface area contributed by atoms with Crippen molar-refractivity contribution in [3.8, 4) is 0 Å². The molecule has 0 bridgehead atoms. The van der Waals surface area contributed by atoms with Gasteiger partial charge < -0.3 is 10.1 Å². The van der Waals surface area contributed by atoms with Gasteiger partial charge in [-0.25, -0.2) is 4.79 Å². The Morgan fingerprint density at radius 1 is 1.53 bits per heavy atom. The van der Waals surface area contributed by atoms with E-state index < -0.39 is 5.97 Å². The van der Waals surface area contributed by atoms with E-state index in [1.807, 2.05) is 0 Å². The molecule has 0 fully saturated rings. The van der Waals surface area contributed by atoms with Gasteiger partial charge >= 0.3 is 5.97 Å². The van der Waals surface area contributed by atoms with Crippen LogP contribution in [0, 0.1) is 0 Å². The van der Waals surface area contributed by atoms with Crippen LogP contribution in [0.3, 0.4) is 0 Å². The van der Waals surface area contributed by atoms with Crippen molar-refractivity contribution < 1.29 is 14.3 Å². The zero-order chi connectivity index (χ0) is 13.7. The molecule has 0 saturated carbocycles. The topological polar surface area (TPSA) is 86.1 Å². The lowest BCUT2D eigenvalue weighted by Gasteiger charge is -2.05. The standard InChI is InChI=1S/C11H12N4O3S/c1-18-11(17)10-8(3-7-19-10)13-9(16)2-5-15-6-4-12-14-15/h3-4,6-7H,2,5H2,1H3,(H,13,16).